The van der Waals surface area contributed by atoms with Crippen LogP contribution in [-0.4, -0.2) is 50.4 Å². The average molecular weight is 362 g/mol. The van der Waals surface area contributed by atoms with E-state index in [0.29, 0.717) is 12.3 Å². The van der Waals surface area contributed by atoms with Gasteiger partial charge in [-0.05, 0) is 45.0 Å². The van der Waals surface area contributed by atoms with Crippen molar-refractivity contribution in [3.8, 4) is 5.75 Å². The molecule has 1 aromatic heterocycles. The number of carboxylic acid groups (broad SMARTS) is 1. The zero-order valence-electron chi connectivity index (χ0n) is 14.9. The van der Waals surface area contributed by atoms with E-state index >= 15 is 0 Å². The van der Waals surface area contributed by atoms with Crippen molar-refractivity contribution < 1.29 is 24.2 Å². The normalized spacial score (nSPS) is 12.3. The Morgan fingerprint density at radius 3 is 2.50 bits per heavy atom. The number of carbonyl (C=O) groups excluding carboxylic acids is 1. The first-order chi connectivity index (χ1) is 12.2. The number of nitrogens with zero attached hydrogens (tertiary/aromatic N) is 3. The van der Waals surface area contributed by atoms with Gasteiger partial charge in [0.1, 0.15) is 18.0 Å². The van der Waals surface area contributed by atoms with Crippen LogP contribution in [0.3, 0.4) is 0 Å². The summed E-state index contributed by atoms with van der Waals surface area (Å²) in [6.45, 7) is 5.82. The molecule has 9 nitrogen and oxygen atoms in total. The predicted octanol–water partition coefficient (Wildman–Crippen LogP) is 1.95. The molecule has 1 aromatic carbocycles. The molecular weight excluding hydrogens is 340 g/mol. The summed E-state index contributed by atoms with van der Waals surface area (Å²) in [5, 5.41) is 19.3. The molecule has 0 spiro atoms. The molecule has 26 heavy (non-hydrogen) atoms. The highest BCUT2D eigenvalue weighted by Gasteiger charge is 2.20. The Bertz CT molecular complexity index is 723. The second-order valence-corrected chi connectivity index (χ2v) is 6.61. The fourth-order valence-corrected chi connectivity index (χ4v) is 2.06. The molecule has 1 heterocycles. The summed E-state index contributed by atoms with van der Waals surface area (Å²) < 4.78 is 12.5. The molecule has 1 amide bonds. The molecule has 0 saturated heterocycles. The summed E-state index contributed by atoms with van der Waals surface area (Å²) in [7, 11) is 0. The van der Waals surface area contributed by atoms with Gasteiger partial charge in [-0.3, -0.25) is 4.68 Å². The fraction of sp³-hybridized carbons (Fsp3) is 0.412. The summed E-state index contributed by atoms with van der Waals surface area (Å²) in [6.07, 6.45) is 2.65. The molecule has 0 fully saturated rings. The standard InChI is InChI=1S/C17H22N4O5/c1-17(2,3)26-16(24)19-13(10-21-9-8-18-20-21)11-25-14-6-4-12(5-7-14)15(22)23/h4-9,13H,10-11H2,1-3H3,(H,19,24)(H,22,23)/t13-/m1/s1. The Morgan fingerprint density at radius 1 is 1.27 bits per heavy atom. The van der Waals surface area contributed by atoms with Crippen LogP contribution in [-0.2, 0) is 11.3 Å². The molecule has 9 heteroatoms. The third-order valence-electron chi connectivity index (χ3n) is 3.15. The molecule has 0 saturated carbocycles. The number of nitrogens with one attached hydrogen (secondary N) is 1. The van der Waals surface area contributed by atoms with Crippen molar-refractivity contribution in [2.45, 2.75) is 39.0 Å². The Balaban J connectivity index is 1.98. The zero-order valence-corrected chi connectivity index (χ0v) is 14.9. The van der Waals surface area contributed by atoms with Crippen LogP contribution in [0.2, 0.25) is 0 Å². The molecule has 0 bridgehead atoms. The number of alkyl carbamates (subject to hydrolysis) is 1. The lowest BCUT2D eigenvalue weighted by atomic mass is 10.2. The molecule has 0 unspecified atom stereocenters. The van der Waals surface area contributed by atoms with E-state index in [0.717, 1.165) is 0 Å². The van der Waals surface area contributed by atoms with Gasteiger partial charge >= 0.3 is 12.1 Å². The Morgan fingerprint density at radius 2 is 1.96 bits per heavy atom. The van der Waals surface area contributed by atoms with Crippen molar-refractivity contribution in [2.24, 2.45) is 0 Å². The van der Waals surface area contributed by atoms with E-state index in [4.69, 9.17) is 14.6 Å². The first-order valence-corrected chi connectivity index (χ1v) is 8.03. The number of benzene rings is 1. The largest absolute Gasteiger partial charge is 0.491 e. The highest BCUT2D eigenvalue weighted by Crippen LogP contribution is 2.13. The third-order valence-corrected chi connectivity index (χ3v) is 3.15. The van der Waals surface area contributed by atoms with Gasteiger partial charge in [0.25, 0.3) is 0 Å². The molecule has 140 valence electrons. The van der Waals surface area contributed by atoms with Crippen LogP contribution in [0.4, 0.5) is 4.79 Å². The molecular formula is C17H22N4O5. The lowest BCUT2D eigenvalue weighted by Crippen LogP contribution is -2.44. The van der Waals surface area contributed by atoms with Gasteiger partial charge in [0, 0.05) is 6.20 Å². The van der Waals surface area contributed by atoms with Crippen LogP contribution >= 0.6 is 0 Å². The van der Waals surface area contributed by atoms with Gasteiger partial charge in [-0.1, -0.05) is 5.21 Å². The van der Waals surface area contributed by atoms with Gasteiger partial charge in [0.2, 0.25) is 0 Å². The first kappa shape index (κ1) is 19.2. The van der Waals surface area contributed by atoms with Gasteiger partial charge in [0.05, 0.1) is 24.3 Å². The predicted molar refractivity (Wildman–Crippen MR) is 92.1 cm³/mol. The van der Waals surface area contributed by atoms with Crippen molar-refractivity contribution in [3.05, 3.63) is 42.2 Å². The molecule has 0 aliphatic carbocycles. The van der Waals surface area contributed by atoms with Gasteiger partial charge in [0.15, 0.2) is 0 Å². The minimum absolute atomic E-state index is 0.144. The van der Waals surface area contributed by atoms with Gasteiger partial charge in [-0.2, -0.15) is 0 Å². The first-order valence-electron chi connectivity index (χ1n) is 8.03. The summed E-state index contributed by atoms with van der Waals surface area (Å²) in [6, 6.07) is 5.59. The maximum atomic E-state index is 12.0. The third kappa shape index (κ3) is 6.42. The number of ether oxygens (including phenoxy) is 2. The Hall–Kier alpha value is -3.10. The van der Waals surface area contributed by atoms with E-state index in [2.05, 4.69) is 15.6 Å². The van der Waals surface area contributed by atoms with Crippen molar-refractivity contribution in [3.63, 3.8) is 0 Å². The number of carbonyl (C=O) groups is 2. The average Bonchev–Trinajstić information content (AvgIpc) is 3.04. The lowest BCUT2D eigenvalue weighted by molar-refractivity contribution is 0.0479. The van der Waals surface area contributed by atoms with E-state index in [1.165, 1.54) is 18.3 Å². The number of amides is 1. The summed E-state index contributed by atoms with van der Waals surface area (Å²) in [5.74, 6) is -0.517. The fourth-order valence-electron chi connectivity index (χ4n) is 2.06. The summed E-state index contributed by atoms with van der Waals surface area (Å²) in [5.41, 5.74) is -0.446. The second-order valence-electron chi connectivity index (χ2n) is 6.61. The van der Waals surface area contributed by atoms with Gasteiger partial charge in [-0.15, -0.1) is 5.10 Å². The molecule has 2 aromatic rings. The topological polar surface area (TPSA) is 116 Å². The number of rotatable bonds is 7. The van der Waals surface area contributed by atoms with Crippen molar-refractivity contribution in [2.75, 3.05) is 6.61 Å². The summed E-state index contributed by atoms with van der Waals surface area (Å²) in [4.78, 5) is 22.9. The SMILES string of the molecule is CC(C)(C)OC(=O)N[C@@H](COc1ccc(C(=O)O)cc1)Cn1ccnn1. The zero-order chi connectivity index (χ0) is 19.2. The quantitative estimate of drug-likeness (QED) is 0.773. The molecule has 0 radical (unpaired) electrons. The van der Waals surface area contributed by atoms with Crippen LogP contribution in [0.5, 0.6) is 5.75 Å². The van der Waals surface area contributed by atoms with Crippen LogP contribution in [0.1, 0.15) is 31.1 Å². The molecule has 2 rings (SSSR count). The monoisotopic (exact) mass is 362 g/mol. The summed E-state index contributed by atoms with van der Waals surface area (Å²) >= 11 is 0. The number of hydrogen-bond donors (Lipinski definition) is 2. The smallest absolute Gasteiger partial charge is 0.408 e. The molecule has 0 aliphatic heterocycles. The maximum absolute atomic E-state index is 12.0. The van der Waals surface area contributed by atoms with Crippen molar-refractivity contribution in [1.82, 2.24) is 20.3 Å². The second kappa shape index (κ2) is 8.32. The number of aromatic carboxylic acids is 1. The lowest BCUT2D eigenvalue weighted by Gasteiger charge is -2.23. The molecule has 2 N–H and O–H groups in total. The van der Waals surface area contributed by atoms with Crippen LogP contribution in [0.15, 0.2) is 36.7 Å². The van der Waals surface area contributed by atoms with Gasteiger partial charge in [-0.25, -0.2) is 9.59 Å². The number of carboxylic acids is 1. The van der Waals surface area contributed by atoms with Gasteiger partial charge < -0.3 is 19.9 Å². The van der Waals surface area contributed by atoms with Crippen molar-refractivity contribution in [1.29, 1.82) is 0 Å². The Kier molecular flexibility index (Phi) is 6.16. The van der Waals surface area contributed by atoms with E-state index < -0.39 is 23.7 Å². The van der Waals surface area contributed by atoms with Crippen LogP contribution in [0, 0.1) is 0 Å². The minimum atomic E-state index is -1.01. The molecule has 1 atom stereocenters. The van der Waals surface area contributed by atoms with Crippen LogP contribution < -0.4 is 10.1 Å². The highest BCUT2D eigenvalue weighted by molar-refractivity contribution is 5.87. The Labute approximate surface area is 150 Å². The number of aromatic nitrogens is 3. The van der Waals surface area contributed by atoms with E-state index in [1.54, 1.807) is 43.8 Å². The van der Waals surface area contributed by atoms with Crippen LogP contribution in [0.25, 0.3) is 0 Å². The highest BCUT2D eigenvalue weighted by atomic mass is 16.6. The van der Waals surface area contributed by atoms with E-state index in [1.807, 2.05) is 0 Å². The number of hydrogen-bond acceptors (Lipinski definition) is 6. The maximum Gasteiger partial charge on any atom is 0.408 e. The minimum Gasteiger partial charge on any atom is -0.491 e. The van der Waals surface area contributed by atoms with E-state index in [9.17, 15) is 9.59 Å². The molecule has 0 aliphatic rings. The van der Waals surface area contributed by atoms with Crippen molar-refractivity contribution >= 4 is 12.1 Å². The van der Waals surface area contributed by atoms with E-state index in [-0.39, 0.29) is 12.2 Å².